The lowest BCUT2D eigenvalue weighted by Crippen LogP contribution is -2.47. The Balaban J connectivity index is 1.96. The van der Waals surface area contributed by atoms with E-state index in [9.17, 15) is 4.79 Å². The SMILES string of the molecule is Cc1ccc(C(C)NC(=O)C2CCCNC2C)cc1. The molecule has 104 valence electrons. The third-order valence-corrected chi connectivity index (χ3v) is 4.03. The predicted octanol–water partition coefficient (Wildman–Crippen LogP) is 2.56. The van der Waals surface area contributed by atoms with E-state index in [4.69, 9.17) is 0 Å². The van der Waals surface area contributed by atoms with Gasteiger partial charge in [-0.25, -0.2) is 0 Å². The van der Waals surface area contributed by atoms with Gasteiger partial charge in [0.2, 0.25) is 5.91 Å². The van der Waals surface area contributed by atoms with Crippen LogP contribution in [-0.4, -0.2) is 18.5 Å². The van der Waals surface area contributed by atoms with Crippen molar-refractivity contribution in [2.75, 3.05) is 6.54 Å². The van der Waals surface area contributed by atoms with Gasteiger partial charge in [0.1, 0.15) is 0 Å². The van der Waals surface area contributed by atoms with Gasteiger partial charge in [-0.2, -0.15) is 0 Å². The fourth-order valence-electron chi connectivity index (χ4n) is 2.66. The summed E-state index contributed by atoms with van der Waals surface area (Å²) >= 11 is 0. The Morgan fingerprint density at radius 1 is 1.37 bits per heavy atom. The summed E-state index contributed by atoms with van der Waals surface area (Å²) in [4.78, 5) is 12.3. The van der Waals surface area contributed by atoms with Crippen molar-refractivity contribution in [3.05, 3.63) is 35.4 Å². The number of piperidine rings is 1. The fourth-order valence-corrected chi connectivity index (χ4v) is 2.66. The number of carbonyl (C=O) groups is 1. The van der Waals surface area contributed by atoms with Crippen molar-refractivity contribution in [2.24, 2.45) is 5.92 Å². The molecule has 1 aromatic carbocycles. The lowest BCUT2D eigenvalue weighted by atomic mass is 9.91. The Morgan fingerprint density at radius 2 is 2.05 bits per heavy atom. The molecular weight excluding hydrogens is 236 g/mol. The monoisotopic (exact) mass is 260 g/mol. The zero-order valence-corrected chi connectivity index (χ0v) is 12.1. The van der Waals surface area contributed by atoms with Crippen molar-refractivity contribution in [3.8, 4) is 0 Å². The Hall–Kier alpha value is -1.35. The number of hydrogen-bond donors (Lipinski definition) is 2. The number of rotatable bonds is 3. The minimum absolute atomic E-state index is 0.0715. The molecule has 0 radical (unpaired) electrons. The van der Waals surface area contributed by atoms with Crippen LogP contribution in [0.2, 0.25) is 0 Å². The number of aryl methyl sites for hydroxylation is 1. The largest absolute Gasteiger partial charge is 0.349 e. The van der Waals surface area contributed by atoms with Crippen LogP contribution < -0.4 is 10.6 Å². The second-order valence-electron chi connectivity index (χ2n) is 5.63. The van der Waals surface area contributed by atoms with Crippen LogP contribution in [0, 0.1) is 12.8 Å². The van der Waals surface area contributed by atoms with Gasteiger partial charge in [-0.3, -0.25) is 4.79 Å². The van der Waals surface area contributed by atoms with Crippen molar-refractivity contribution in [2.45, 2.75) is 45.7 Å². The van der Waals surface area contributed by atoms with Crippen LogP contribution in [0.4, 0.5) is 0 Å². The van der Waals surface area contributed by atoms with Gasteiger partial charge in [-0.15, -0.1) is 0 Å². The number of amides is 1. The average Bonchev–Trinajstić information content (AvgIpc) is 2.39. The predicted molar refractivity (Wildman–Crippen MR) is 77.9 cm³/mol. The van der Waals surface area contributed by atoms with E-state index in [-0.39, 0.29) is 23.9 Å². The molecule has 1 aromatic rings. The summed E-state index contributed by atoms with van der Waals surface area (Å²) in [5.41, 5.74) is 2.41. The first-order valence-electron chi connectivity index (χ1n) is 7.18. The zero-order valence-electron chi connectivity index (χ0n) is 12.1. The molecule has 1 fully saturated rings. The van der Waals surface area contributed by atoms with Gasteiger partial charge in [0.15, 0.2) is 0 Å². The van der Waals surface area contributed by atoms with Crippen molar-refractivity contribution in [3.63, 3.8) is 0 Å². The second-order valence-corrected chi connectivity index (χ2v) is 5.63. The molecule has 0 spiro atoms. The minimum atomic E-state index is 0.0715. The van der Waals surface area contributed by atoms with E-state index in [0.29, 0.717) is 0 Å². The van der Waals surface area contributed by atoms with Crippen molar-refractivity contribution >= 4 is 5.91 Å². The Kier molecular flexibility index (Phi) is 4.59. The van der Waals surface area contributed by atoms with E-state index < -0.39 is 0 Å². The molecule has 3 atom stereocenters. The van der Waals surface area contributed by atoms with Gasteiger partial charge in [0.05, 0.1) is 12.0 Å². The summed E-state index contributed by atoms with van der Waals surface area (Å²) in [7, 11) is 0. The van der Waals surface area contributed by atoms with Crippen LogP contribution in [0.25, 0.3) is 0 Å². The maximum absolute atomic E-state index is 12.3. The van der Waals surface area contributed by atoms with Crippen molar-refractivity contribution in [1.82, 2.24) is 10.6 Å². The summed E-state index contributed by atoms with van der Waals surface area (Å²) < 4.78 is 0. The molecule has 1 amide bonds. The first kappa shape index (κ1) is 14.1. The van der Waals surface area contributed by atoms with Gasteiger partial charge in [-0.05, 0) is 45.7 Å². The van der Waals surface area contributed by atoms with E-state index in [0.717, 1.165) is 24.9 Å². The summed E-state index contributed by atoms with van der Waals surface area (Å²) in [5, 5.41) is 6.51. The second kappa shape index (κ2) is 6.20. The molecule has 0 bridgehead atoms. The normalized spacial score (nSPS) is 24.8. The first-order valence-corrected chi connectivity index (χ1v) is 7.18. The van der Waals surface area contributed by atoms with Crippen LogP contribution in [0.3, 0.4) is 0 Å². The summed E-state index contributed by atoms with van der Waals surface area (Å²) in [6.07, 6.45) is 2.07. The highest BCUT2D eigenvalue weighted by Gasteiger charge is 2.28. The van der Waals surface area contributed by atoms with Gasteiger partial charge in [0.25, 0.3) is 0 Å². The van der Waals surface area contributed by atoms with Crippen LogP contribution in [-0.2, 0) is 4.79 Å². The summed E-state index contributed by atoms with van der Waals surface area (Å²) in [6, 6.07) is 8.69. The summed E-state index contributed by atoms with van der Waals surface area (Å²) in [5.74, 6) is 0.273. The van der Waals surface area contributed by atoms with Gasteiger partial charge < -0.3 is 10.6 Å². The Morgan fingerprint density at radius 3 is 2.68 bits per heavy atom. The third kappa shape index (κ3) is 3.57. The fraction of sp³-hybridized carbons (Fsp3) is 0.562. The van der Waals surface area contributed by atoms with E-state index in [2.05, 4.69) is 48.7 Å². The molecule has 2 N–H and O–H groups in total. The zero-order chi connectivity index (χ0) is 13.8. The van der Waals surface area contributed by atoms with E-state index in [1.54, 1.807) is 0 Å². The number of benzene rings is 1. The third-order valence-electron chi connectivity index (χ3n) is 4.03. The van der Waals surface area contributed by atoms with Gasteiger partial charge in [-0.1, -0.05) is 29.8 Å². The highest BCUT2D eigenvalue weighted by molar-refractivity contribution is 5.79. The molecule has 1 saturated heterocycles. The molecule has 19 heavy (non-hydrogen) atoms. The number of hydrogen-bond acceptors (Lipinski definition) is 2. The van der Waals surface area contributed by atoms with Crippen LogP contribution in [0.1, 0.15) is 43.9 Å². The smallest absolute Gasteiger partial charge is 0.225 e. The molecule has 0 aliphatic carbocycles. The Labute approximate surface area is 115 Å². The standard InChI is InChI=1S/C16H24N2O/c1-11-6-8-14(9-7-11)12(2)18-16(19)15-5-4-10-17-13(15)3/h6-9,12-13,15,17H,4-5,10H2,1-3H3,(H,18,19). The van der Waals surface area contributed by atoms with E-state index in [1.165, 1.54) is 5.56 Å². The Bertz CT molecular complexity index is 427. The molecular formula is C16H24N2O. The molecule has 2 rings (SSSR count). The topological polar surface area (TPSA) is 41.1 Å². The molecule has 1 aliphatic heterocycles. The molecule has 1 aliphatic rings. The molecule has 3 unspecified atom stereocenters. The highest BCUT2D eigenvalue weighted by Crippen LogP contribution is 2.19. The maximum Gasteiger partial charge on any atom is 0.225 e. The van der Waals surface area contributed by atoms with Crippen molar-refractivity contribution < 1.29 is 4.79 Å². The maximum atomic E-state index is 12.3. The van der Waals surface area contributed by atoms with Crippen LogP contribution in [0.15, 0.2) is 24.3 Å². The quantitative estimate of drug-likeness (QED) is 0.877. The summed E-state index contributed by atoms with van der Waals surface area (Å²) in [6.45, 7) is 7.24. The average molecular weight is 260 g/mol. The van der Waals surface area contributed by atoms with E-state index in [1.807, 2.05) is 6.92 Å². The van der Waals surface area contributed by atoms with Gasteiger partial charge >= 0.3 is 0 Å². The van der Waals surface area contributed by atoms with Crippen LogP contribution >= 0.6 is 0 Å². The molecule has 0 aromatic heterocycles. The molecule has 3 nitrogen and oxygen atoms in total. The first-order chi connectivity index (χ1) is 9.08. The lowest BCUT2D eigenvalue weighted by Gasteiger charge is -2.30. The molecule has 0 saturated carbocycles. The number of carbonyl (C=O) groups excluding carboxylic acids is 1. The number of nitrogens with one attached hydrogen (secondary N) is 2. The van der Waals surface area contributed by atoms with Crippen molar-refractivity contribution in [1.29, 1.82) is 0 Å². The molecule has 3 heteroatoms. The van der Waals surface area contributed by atoms with Gasteiger partial charge in [0, 0.05) is 6.04 Å². The molecule has 1 heterocycles. The van der Waals surface area contributed by atoms with E-state index >= 15 is 0 Å². The lowest BCUT2D eigenvalue weighted by molar-refractivity contribution is -0.127. The van der Waals surface area contributed by atoms with Crippen LogP contribution in [0.5, 0.6) is 0 Å². The highest BCUT2D eigenvalue weighted by atomic mass is 16.2. The minimum Gasteiger partial charge on any atom is -0.349 e.